The summed E-state index contributed by atoms with van der Waals surface area (Å²) >= 11 is 0. The molecule has 0 bridgehead atoms. The maximum absolute atomic E-state index is 11.6. The highest BCUT2D eigenvalue weighted by molar-refractivity contribution is 7.89. The van der Waals surface area contributed by atoms with Gasteiger partial charge in [-0.1, -0.05) is 31.2 Å². The summed E-state index contributed by atoms with van der Waals surface area (Å²) in [5.41, 5.74) is 4.17. The van der Waals surface area contributed by atoms with Crippen molar-refractivity contribution in [2.75, 3.05) is 6.61 Å². The summed E-state index contributed by atoms with van der Waals surface area (Å²) in [5, 5.41) is 9.75. The van der Waals surface area contributed by atoms with Gasteiger partial charge < -0.3 is 4.74 Å². The topological polar surface area (TPSA) is 104 Å². The Kier molecular flexibility index (Phi) is 6.49. The number of carbonyl (C=O) groups is 1. The molecular weight excluding hydrogens is 402 g/mol. The minimum Gasteiger partial charge on any atom is -0.463 e. The molecule has 3 aromatic rings. The lowest BCUT2D eigenvalue weighted by atomic mass is 10.1. The van der Waals surface area contributed by atoms with Crippen molar-refractivity contribution in [2.45, 2.75) is 25.2 Å². The van der Waals surface area contributed by atoms with Crippen LogP contribution < -0.4 is 5.14 Å². The quantitative estimate of drug-likeness (QED) is 0.462. The van der Waals surface area contributed by atoms with Gasteiger partial charge in [0.2, 0.25) is 10.0 Å². The third kappa shape index (κ3) is 5.03. The molecular formula is C22H23N3O4S. The monoisotopic (exact) mass is 425 g/mol. The van der Waals surface area contributed by atoms with Crippen molar-refractivity contribution in [1.29, 1.82) is 0 Å². The molecule has 0 unspecified atom stereocenters. The molecule has 3 rings (SSSR count). The smallest absolute Gasteiger partial charge is 0.330 e. The highest BCUT2D eigenvalue weighted by atomic mass is 32.2. The molecule has 0 saturated heterocycles. The molecule has 8 heteroatoms. The van der Waals surface area contributed by atoms with Gasteiger partial charge in [0.25, 0.3) is 0 Å². The average molecular weight is 426 g/mol. The van der Waals surface area contributed by atoms with Gasteiger partial charge in [-0.3, -0.25) is 0 Å². The van der Waals surface area contributed by atoms with E-state index in [0.717, 1.165) is 17.7 Å². The van der Waals surface area contributed by atoms with Crippen molar-refractivity contribution in [3.63, 3.8) is 0 Å². The molecule has 2 aromatic carbocycles. The highest BCUT2D eigenvalue weighted by Gasteiger charge is 2.13. The van der Waals surface area contributed by atoms with E-state index in [1.807, 2.05) is 30.3 Å². The van der Waals surface area contributed by atoms with Gasteiger partial charge >= 0.3 is 5.97 Å². The zero-order chi connectivity index (χ0) is 21.7. The number of primary sulfonamides is 1. The number of hydrogen-bond donors (Lipinski definition) is 1. The lowest BCUT2D eigenvalue weighted by Gasteiger charge is -2.09. The summed E-state index contributed by atoms with van der Waals surface area (Å²) in [6.07, 6.45) is 3.84. The van der Waals surface area contributed by atoms with E-state index in [4.69, 9.17) is 9.88 Å². The molecule has 0 aliphatic carbocycles. The number of carbonyl (C=O) groups excluding carboxylic acids is 1. The van der Waals surface area contributed by atoms with E-state index in [1.165, 1.54) is 23.8 Å². The predicted molar refractivity (Wildman–Crippen MR) is 115 cm³/mol. The van der Waals surface area contributed by atoms with Crippen LogP contribution in [0.3, 0.4) is 0 Å². The van der Waals surface area contributed by atoms with Crippen LogP contribution in [-0.4, -0.2) is 30.8 Å². The summed E-state index contributed by atoms with van der Waals surface area (Å²) in [7, 11) is -3.78. The van der Waals surface area contributed by atoms with E-state index in [2.05, 4.69) is 12.0 Å². The van der Waals surface area contributed by atoms with Gasteiger partial charge in [0.1, 0.15) is 0 Å². The largest absolute Gasteiger partial charge is 0.463 e. The second kappa shape index (κ2) is 9.06. The van der Waals surface area contributed by atoms with Crippen LogP contribution in [0.2, 0.25) is 0 Å². The van der Waals surface area contributed by atoms with Crippen LogP contribution in [0.5, 0.6) is 0 Å². The molecule has 0 amide bonds. The molecule has 156 valence electrons. The average Bonchev–Trinajstić information content (AvgIpc) is 3.16. The Labute approximate surface area is 175 Å². The summed E-state index contributed by atoms with van der Waals surface area (Å²) in [4.78, 5) is 11.7. The van der Waals surface area contributed by atoms with Gasteiger partial charge in [-0.2, -0.15) is 5.10 Å². The van der Waals surface area contributed by atoms with E-state index in [0.29, 0.717) is 18.0 Å². The number of nitrogens with two attached hydrogens (primary N) is 1. The SMILES string of the molecule is CCOC(=O)/C=C/c1cc(-c2ccc(CC)cc2)n(-c2ccc(S(N)(=O)=O)cc2)n1. The fourth-order valence-electron chi connectivity index (χ4n) is 2.92. The van der Waals surface area contributed by atoms with Crippen LogP contribution in [0.4, 0.5) is 0 Å². The molecule has 7 nitrogen and oxygen atoms in total. The van der Waals surface area contributed by atoms with E-state index in [1.54, 1.807) is 29.8 Å². The number of sulfonamides is 1. The van der Waals surface area contributed by atoms with E-state index < -0.39 is 16.0 Å². The normalized spacial score (nSPS) is 11.7. The fraction of sp³-hybridized carbons (Fsp3) is 0.182. The molecule has 0 atom stereocenters. The Hall–Kier alpha value is -3.23. The Morgan fingerprint density at radius 3 is 2.33 bits per heavy atom. The van der Waals surface area contributed by atoms with Gasteiger partial charge in [-0.05, 0) is 55.3 Å². The highest BCUT2D eigenvalue weighted by Crippen LogP contribution is 2.26. The van der Waals surface area contributed by atoms with E-state index in [-0.39, 0.29) is 4.90 Å². The van der Waals surface area contributed by atoms with Gasteiger partial charge in [0, 0.05) is 11.6 Å². The number of aryl methyl sites for hydroxylation is 1. The Morgan fingerprint density at radius 1 is 1.10 bits per heavy atom. The number of esters is 1. The number of ether oxygens (including phenoxy) is 1. The number of hydrogen-bond acceptors (Lipinski definition) is 5. The maximum Gasteiger partial charge on any atom is 0.330 e. The number of rotatable bonds is 7. The van der Waals surface area contributed by atoms with Crippen LogP contribution in [0.1, 0.15) is 25.1 Å². The van der Waals surface area contributed by atoms with Gasteiger partial charge in [0.15, 0.2) is 0 Å². The molecule has 0 aliphatic rings. The summed E-state index contributed by atoms with van der Waals surface area (Å²) < 4.78 is 29.7. The molecule has 2 N–H and O–H groups in total. The van der Waals surface area contributed by atoms with Crippen LogP contribution in [0.25, 0.3) is 23.0 Å². The third-order valence-electron chi connectivity index (χ3n) is 4.47. The first-order valence-corrected chi connectivity index (χ1v) is 11.0. The fourth-order valence-corrected chi connectivity index (χ4v) is 3.43. The Bertz CT molecular complexity index is 1160. The number of benzene rings is 2. The minimum absolute atomic E-state index is 0.0229. The summed E-state index contributed by atoms with van der Waals surface area (Å²) in [6, 6.07) is 16.1. The van der Waals surface area contributed by atoms with Crippen molar-refractivity contribution < 1.29 is 17.9 Å². The first-order valence-electron chi connectivity index (χ1n) is 9.49. The molecule has 0 saturated carbocycles. The van der Waals surface area contributed by atoms with Crippen molar-refractivity contribution in [2.24, 2.45) is 5.14 Å². The van der Waals surface area contributed by atoms with Crippen LogP contribution >= 0.6 is 0 Å². The molecule has 0 spiro atoms. The standard InChI is InChI=1S/C22H23N3O4S/c1-3-16-5-7-17(8-6-16)21-15-18(9-14-22(26)29-4-2)24-25(21)19-10-12-20(13-11-19)30(23,27)28/h5-15H,3-4H2,1-2H3,(H2,23,27,28)/b14-9+. The van der Waals surface area contributed by atoms with Crippen LogP contribution in [0, 0.1) is 0 Å². The number of nitrogens with zero attached hydrogens (tertiary/aromatic N) is 2. The van der Waals surface area contributed by atoms with Crippen molar-refractivity contribution in [3.8, 4) is 16.9 Å². The maximum atomic E-state index is 11.6. The summed E-state index contributed by atoms with van der Waals surface area (Å²) in [5.74, 6) is -0.446. The first kappa shape index (κ1) is 21.5. The number of aromatic nitrogens is 2. The Balaban J connectivity index is 2.05. The van der Waals surface area contributed by atoms with E-state index >= 15 is 0 Å². The minimum atomic E-state index is -3.78. The van der Waals surface area contributed by atoms with Crippen molar-refractivity contribution in [3.05, 3.63) is 71.9 Å². The second-order valence-electron chi connectivity index (χ2n) is 6.54. The van der Waals surface area contributed by atoms with Crippen molar-refractivity contribution >= 4 is 22.1 Å². The Morgan fingerprint density at radius 2 is 1.77 bits per heavy atom. The molecule has 30 heavy (non-hydrogen) atoms. The molecule has 0 fully saturated rings. The molecule has 1 heterocycles. The lowest BCUT2D eigenvalue weighted by molar-refractivity contribution is -0.137. The van der Waals surface area contributed by atoms with E-state index in [9.17, 15) is 13.2 Å². The zero-order valence-electron chi connectivity index (χ0n) is 16.8. The van der Waals surface area contributed by atoms with Gasteiger partial charge in [0.05, 0.1) is 28.6 Å². The predicted octanol–water partition coefficient (Wildman–Crippen LogP) is 3.33. The van der Waals surface area contributed by atoms with Crippen LogP contribution in [0.15, 0.2) is 65.6 Å². The molecule has 1 aromatic heterocycles. The second-order valence-corrected chi connectivity index (χ2v) is 8.10. The molecule has 0 radical (unpaired) electrons. The zero-order valence-corrected chi connectivity index (χ0v) is 17.6. The van der Waals surface area contributed by atoms with Gasteiger partial charge in [-0.15, -0.1) is 0 Å². The van der Waals surface area contributed by atoms with Gasteiger partial charge in [-0.25, -0.2) is 23.0 Å². The summed E-state index contributed by atoms with van der Waals surface area (Å²) in [6.45, 7) is 4.12. The van der Waals surface area contributed by atoms with Crippen LogP contribution in [-0.2, 0) is 26.0 Å². The lowest BCUT2D eigenvalue weighted by Crippen LogP contribution is -2.12. The first-order chi connectivity index (χ1) is 14.3. The molecule has 0 aliphatic heterocycles. The van der Waals surface area contributed by atoms with Crippen molar-refractivity contribution in [1.82, 2.24) is 9.78 Å². The third-order valence-corrected chi connectivity index (χ3v) is 5.40.